The average molecular weight is 406 g/mol. The maximum Gasteiger partial charge on any atom is 0.387 e. The summed E-state index contributed by atoms with van der Waals surface area (Å²) in [5, 5.41) is 8.41. The number of hydrogen-bond acceptors (Lipinski definition) is 4. The van der Waals surface area contributed by atoms with Gasteiger partial charge in [-0.05, 0) is 41.1 Å². The van der Waals surface area contributed by atoms with Crippen LogP contribution in [0.25, 0.3) is 0 Å². The summed E-state index contributed by atoms with van der Waals surface area (Å²) in [7, 11) is 0. The normalized spacial score (nSPS) is 11.5. The Morgan fingerprint density at radius 2 is 2.23 bits per heavy atom. The number of rotatable bonds is 4. The second-order valence-electron chi connectivity index (χ2n) is 4.16. The first kappa shape index (κ1) is 16.8. The first-order chi connectivity index (χ1) is 10.4. The molecule has 2 N–H and O–H groups in total. The van der Waals surface area contributed by atoms with E-state index in [1.807, 2.05) is 6.92 Å². The van der Waals surface area contributed by atoms with E-state index < -0.39 is 5.97 Å². The van der Waals surface area contributed by atoms with Crippen LogP contribution in [0.15, 0.2) is 34.0 Å². The van der Waals surface area contributed by atoms with Crippen molar-refractivity contribution >= 4 is 50.9 Å². The zero-order valence-electron chi connectivity index (χ0n) is 11.4. The minimum Gasteiger partial charge on any atom is -0.380 e. The van der Waals surface area contributed by atoms with E-state index in [-0.39, 0.29) is 11.5 Å². The number of halogens is 3. The van der Waals surface area contributed by atoms with Crippen LogP contribution in [0.1, 0.15) is 23.0 Å². The van der Waals surface area contributed by atoms with Crippen molar-refractivity contribution in [2.45, 2.75) is 13.5 Å². The van der Waals surface area contributed by atoms with Crippen molar-refractivity contribution in [3.63, 3.8) is 0 Å². The lowest BCUT2D eigenvalue weighted by Gasteiger charge is -2.03. The van der Waals surface area contributed by atoms with Crippen LogP contribution in [0.3, 0.4) is 0 Å². The lowest BCUT2D eigenvalue weighted by Crippen LogP contribution is -2.16. The van der Waals surface area contributed by atoms with Crippen molar-refractivity contribution in [1.29, 1.82) is 0 Å². The summed E-state index contributed by atoms with van der Waals surface area (Å²) in [6, 6.07) is 4.70. The van der Waals surface area contributed by atoms with Gasteiger partial charge in [-0.2, -0.15) is 5.10 Å². The van der Waals surface area contributed by atoms with Gasteiger partial charge in [-0.1, -0.05) is 28.4 Å². The molecule has 1 aromatic carbocycles. The third-order valence-electron chi connectivity index (χ3n) is 2.67. The van der Waals surface area contributed by atoms with Crippen LogP contribution in [0.4, 0.5) is 0 Å². The van der Waals surface area contributed by atoms with Crippen molar-refractivity contribution in [2.24, 2.45) is 10.9 Å². The van der Waals surface area contributed by atoms with Crippen LogP contribution in [0.2, 0.25) is 10.0 Å². The van der Waals surface area contributed by atoms with Crippen LogP contribution >= 0.6 is 39.1 Å². The fraction of sp³-hybridized carbons (Fsp3) is 0.154. The number of oxime groups is 1. The largest absolute Gasteiger partial charge is 0.387 e. The van der Waals surface area contributed by atoms with E-state index in [0.29, 0.717) is 26.6 Å². The van der Waals surface area contributed by atoms with E-state index in [1.54, 1.807) is 23.0 Å². The standard InChI is InChI=1S/C13H11BrCl2N4O2/c1-2-20-6-9(14)11(18-20)13(21)22-19-12(17)8-4-3-7(15)5-10(8)16/h3-6H,2H2,1H3,(H2,17,19). The Morgan fingerprint density at radius 1 is 1.50 bits per heavy atom. The van der Waals surface area contributed by atoms with Crippen LogP contribution in [0.5, 0.6) is 0 Å². The highest BCUT2D eigenvalue weighted by atomic mass is 79.9. The van der Waals surface area contributed by atoms with Gasteiger partial charge in [0, 0.05) is 23.3 Å². The topological polar surface area (TPSA) is 82.5 Å². The number of amidine groups is 1. The fourth-order valence-corrected chi connectivity index (χ4v) is 2.56. The maximum atomic E-state index is 11.9. The quantitative estimate of drug-likeness (QED) is 0.365. The first-order valence-corrected chi connectivity index (χ1v) is 7.70. The van der Waals surface area contributed by atoms with Gasteiger partial charge in [-0.3, -0.25) is 4.68 Å². The summed E-state index contributed by atoms with van der Waals surface area (Å²) >= 11 is 15.0. The Balaban J connectivity index is 2.16. The number of nitrogens with two attached hydrogens (primary N) is 1. The number of aromatic nitrogens is 2. The zero-order valence-corrected chi connectivity index (χ0v) is 14.5. The molecule has 0 spiro atoms. The minimum absolute atomic E-state index is 0.0407. The molecule has 0 fully saturated rings. The molecule has 0 atom stereocenters. The summed E-state index contributed by atoms with van der Waals surface area (Å²) in [6.45, 7) is 2.52. The smallest absolute Gasteiger partial charge is 0.380 e. The van der Waals surface area contributed by atoms with Gasteiger partial charge in [0.2, 0.25) is 0 Å². The Kier molecular flexibility index (Phi) is 5.44. The van der Waals surface area contributed by atoms with Gasteiger partial charge in [0.1, 0.15) is 0 Å². The molecule has 0 saturated carbocycles. The van der Waals surface area contributed by atoms with Crippen LogP contribution < -0.4 is 5.73 Å². The molecule has 0 saturated heterocycles. The molecule has 0 aliphatic carbocycles. The molecule has 0 unspecified atom stereocenters. The van der Waals surface area contributed by atoms with E-state index in [9.17, 15) is 4.79 Å². The molecule has 22 heavy (non-hydrogen) atoms. The van der Waals surface area contributed by atoms with Crippen molar-refractivity contribution in [3.05, 3.63) is 50.2 Å². The Bertz CT molecular complexity index is 746. The molecular weight excluding hydrogens is 395 g/mol. The van der Waals surface area contributed by atoms with Crippen molar-refractivity contribution in [2.75, 3.05) is 0 Å². The molecule has 2 rings (SSSR count). The number of carbonyl (C=O) groups is 1. The molecule has 2 aromatic rings. The summed E-state index contributed by atoms with van der Waals surface area (Å²) in [6.07, 6.45) is 1.67. The third kappa shape index (κ3) is 3.79. The first-order valence-electron chi connectivity index (χ1n) is 6.15. The predicted molar refractivity (Wildman–Crippen MR) is 88.2 cm³/mol. The second kappa shape index (κ2) is 7.13. The van der Waals surface area contributed by atoms with Gasteiger partial charge in [0.05, 0.1) is 9.50 Å². The van der Waals surface area contributed by atoms with Gasteiger partial charge in [-0.15, -0.1) is 0 Å². The van der Waals surface area contributed by atoms with Gasteiger partial charge < -0.3 is 10.6 Å². The monoisotopic (exact) mass is 404 g/mol. The minimum atomic E-state index is -0.730. The second-order valence-corrected chi connectivity index (χ2v) is 5.86. The molecule has 116 valence electrons. The molecule has 0 amide bonds. The molecule has 1 heterocycles. The van der Waals surface area contributed by atoms with E-state index in [4.69, 9.17) is 33.8 Å². The zero-order chi connectivity index (χ0) is 16.3. The molecule has 0 radical (unpaired) electrons. The van der Waals surface area contributed by atoms with Crippen molar-refractivity contribution in [3.8, 4) is 0 Å². The lowest BCUT2D eigenvalue weighted by atomic mass is 10.2. The Morgan fingerprint density at radius 3 is 2.82 bits per heavy atom. The average Bonchev–Trinajstić information content (AvgIpc) is 2.85. The van der Waals surface area contributed by atoms with Crippen molar-refractivity contribution in [1.82, 2.24) is 9.78 Å². The van der Waals surface area contributed by atoms with Gasteiger partial charge in [-0.25, -0.2) is 4.79 Å². The molecule has 0 bridgehead atoms. The number of benzene rings is 1. The molecule has 1 aromatic heterocycles. The highest BCUT2D eigenvalue weighted by Crippen LogP contribution is 2.21. The number of nitrogens with zero attached hydrogens (tertiary/aromatic N) is 3. The molecule has 9 heteroatoms. The Labute approximate surface area is 144 Å². The lowest BCUT2D eigenvalue weighted by molar-refractivity contribution is 0.0507. The van der Waals surface area contributed by atoms with E-state index in [2.05, 4.69) is 26.2 Å². The summed E-state index contributed by atoms with van der Waals surface area (Å²) < 4.78 is 2.10. The highest BCUT2D eigenvalue weighted by Gasteiger charge is 2.17. The molecular formula is C13H11BrCl2N4O2. The SMILES string of the molecule is CCn1cc(Br)c(C(=O)O/N=C(\N)c2ccc(Cl)cc2Cl)n1. The number of carbonyl (C=O) groups excluding carboxylic acids is 1. The molecule has 0 aliphatic rings. The van der Waals surface area contributed by atoms with E-state index in [1.165, 1.54) is 6.07 Å². The van der Waals surface area contributed by atoms with Crippen LogP contribution in [0, 0.1) is 0 Å². The fourth-order valence-electron chi connectivity index (χ4n) is 1.58. The van der Waals surface area contributed by atoms with Crippen LogP contribution in [-0.2, 0) is 11.4 Å². The van der Waals surface area contributed by atoms with E-state index in [0.717, 1.165) is 0 Å². The highest BCUT2D eigenvalue weighted by molar-refractivity contribution is 9.10. The molecule has 6 nitrogen and oxygen atoms in total. The van der Waals surface area contributed by atoms with Crippen molar-refractivity contribution < 1.29 is 9.63 Å². The number of aryl methyl sites for hydroxylation is 1. The summed E-state index contributed by atoms with van der Waals surface area (Å²) in [5.41, 5.74) is 6.28. The summed E-state index contributed by atoms with van der Waals surface area (Å²) in [4.78, 5) is 16.7. The van der Waals surface area contributed by atoms with Gasteiger partial charge in [0.15, 0.2) is 11.5 Å². The maximum absolute atomic E-state index is 11.9. The molecule has 0 aliphatic heterocycles. The van der Waals surface area contributed by atoms with Gasteiger partial charge >= 0.3 is 5.97 Å². The predicted octanol–water partition coefficient (Wildman–Crippen LogP) is 3.45. The van der Waals surface area contributed by atoms with E-state index >= 15 is 0 Å². The number of hydrogen-bond donors (Lipinski definition) is 1. The van der Waals surface area contributed by atoms with Crippen LogP contribution in [-0.4, -0.2) is 21.6 Å². The van der Waals surface area contributed by atoms with Gasteiger partial charge in [0.25, 0.3) is 0 Å². The Hall–Kier alpha value is -1.57. The summed E-state index contributed by atoms with van der Waals surface area (Å²) in [5.74, 6) is -0.770. The third-order valence-corrected chi connectivity index (χ3v) is 3.80.